The van der Waals surface area contributed by atoms with Gasteiger partial charge in [-0.2, -0.15) is 0 Å². The number of carboxylic acid groups (broad SMARTS) is 1. The van der Waals surface area contributed by atoms with Crippen molar-refractivity contribution in [1.82, 2.24) is 5.32 Å². The summed E-state index contributed by atoms with van der Waals surface area (Å²) >= 11 is 0. The molecule has 0 unspecified atom stereocenters. The first kappa shape index (κ1) is 13.7. The van der Waals surface area contributed by atoms with Gasteiger partial charge in [0.25, 0.3) is 0 Å². The molecule has 0 bridgehead atoms. The summed E-state index contributed by atoms with van der Waals surface area (Å²) in [6.45, 7) is 4.74. The molecule has 94 valence electrons. The van der Waals surface area contributed by atoms with Crippen molar-refractivity contribution in [2.45, 2.75) is 38.6 Å². The van der Waals surface area contributed by atoms with E-state index in [0.717, 1.165) is 12.8 Å². The third-order valence-corrected chi connectivity index (χ3v) is 2.82. The molecule has 0 aliphatic carbocycles. The first-order valence-electron chi connectivity index (χ1n) is 6.00. The Morgan fingerprint density at radius 1 is 1.29 bits per heavy atom. The summed E-state index contributed by atoms with van der Waals surface area (Å²) in [7, 11) is 0. The number of benzene rings is 1. The average Bonchev–Trinajstić information content (AvgIpc) is 2.27. The van der Waals surface area contributed by atoms with Gasteiger partial charge in [-0.25, -0.2) is 0 Å². The highest BCUT2D eigenvalue weighted by molar-refractivity contribution is 5.66. The summed E-state index contributed by atoms with van der Waals surface area (Å²) in [6, 6.07) is 10.3. The maximum Gasteiger partial charge on any atom is 0.304 e. The minimum absolute atomic E-state index is 0.0225. The van der Waals surface area contributed by atoms with Crippen molar-refractivity contribution in [3.8, 4) is 0 Å². The van der Waals surface area contributed by atoms with E-state index in [4.69, 9.17) is 5.11 Å². The number of nitrogens with one attached hydrogen (secondary N) is 1. The predicted octanol–water partition coefficient (Wildman–Crippen LogP) is 2.46. The fourth-order valence-electron chi connectivity index (χ4n) is 1.70. The van der Waals surface area contributed by atoms with Crippen LogP contribution >= 0.6 is 0 Å². The third kappa shape index (κ3) is 6.07. The molecule has 0 saturated carbocycles. The van der Waals surface area contributed by atoms with E-state index < -0.39 is 5.97 Å². The van der Waals surface area contributed by atoms with E-state index in [1.807, 2.05) is 18.2 Å². The lowest BCUT2D eigenvalue weighted by molar-refractivity contribution is -0.136. The van der Waals surface area contributed by atoms with Crippen molar-refractivity contribution >= 4 is 5.97 Å². The minimum Gasteiger partial charge on any atom is -0.481 e. The molecule has 3 heteroatoms. The smallest absolute Gasteiger partial charge is 0.304 e. The van der Waals surface area contributed by atoms with Crippen LogP contribution in [0, 0.1) is 0 Å². The first-order valence-corrected chi connectivity index (χ1v) is 6.00. The van der Waals surface area contributed by atoms with Crippen molar-refractivity contribution in [1.29, 1.82) is 0 Å². The van der Waals surface area contributed by atoms with Crippen LogP contribution in [0.15, 0.2) is 30.3 Å². The Hall–Kier alpha value is -1.35. The number of rotatable bonds is 7. The molecule has 17 heavy (non-hydrogen) atoms. The van der Waals surface area contributed by atoms with Gasteiger partial charge >= 0.3 is 5.97 Å². The van der Waals surface area contributed by atoms with E-state index in [-0.39, 0.29) is 12.0 Å². The Bertz CT molecular complexity index is 346. The second kappa shape index (κ2) is 6.40. The monoisotopic (exact) mass is 235 g/mol. The van der Waals surface area contributed by atoms with Gasteiger partial charge in [0, 0.05) is 12.1 Å². The highest BCUT2D eigenvalue weighted by Crippen LogP contribution is 2.13. The van der Waals surface area contributed by atoms with E-state index in [9.17, 15) is 4.79 Å². The molecule has 3 nitrogen and oxygen atoms in total. The Balaban J connectivity index is 2.31. The highest BCUT2D eigenvalue weighted by Gasteiger charge is 2.16. The fourth-order valence-corrected chi connectivity index (χ4v) is 1.70. The molecule has 0 aliphatic rings. The quantitative estimate of drug-likeness (QED) is 0.763. The summed E-state index contributed by atoms with van der Waals surface area (Å²) in [6.07, 6.45) is 2.18. The zero-order chi connectivity index (χ0) is 12.7. The zero-order valence-corrected chi connectivity index (χ0v) is 10.6. The second-order valence-corrected chi connectivity index (χ2v) is 4.94. The van der Waals surface area contributed by atoms with Gasteiger partial charge in [0.15, 0.2) is 0 Å². The fraction of sp³-hybridized carbons (Fsp3) is 0.500. The van der Waals surface area contributed by atoms with Gasteiger partial charge in [-0.3, -0.25) is 4.79 Å². The average molecular weight is 235 g/mol. The molecule has 0 spiro atoms. The van der Waals surface area contributed by atoms with E-state index in [1.54, 1.807) is 0 Å². The van der Waals surface area contributed by atoms with Crippen LogP contribution in [-0.4, -0.2) is 23.2 Å². The van der Waals surface area contributed by atoms with Crippen molar-refractivity contribution in [2.24, 2.45) is 0 Å². The lowest BCUT2D eigenvalue weighted by Gasteiger charge is -2.26. The molecule has 0 radical (unpaired) electrons. The molecule has 1 aromatic rings. The van der Waals surface area contributed by atoms with Crippen molar-refractivity contribution in [2.75, 3.05) is 6.54 Å². The number of hydrogen-bond donors (Lipinski definition) is 2. The summed E-state index contributed by atoms with van der Waals surface area (Å²) < 4.78 is 0. The molecular weight excluding hydrogens is 214 g/mol. The van der Waals surface area contributed by atoms with Gasteiger partial charge in [-0.1, -0.05) is 30.3 Å². The van der Waals surface area contributed by atoms with Gasteiger partial charge in [0.1, 0.15) is 0 Å². The molecule has 0 amide bonds. The maximum absolute atomic E-state index is 10.4. The summed E-state index contributed by atoms with van der Waals surface area (Å²) in [5, 5.41) is 11.9. The lowest BCUT2D eigenvalue weighted by atomic mass is 9.95. The summed E-state index contributed by atoms with van der Waals surface area (Å²) in [5.74, 6) is -0.753. The SMILES string of the molecule is CC(C)(CCc1ccccc1)NCCC(=O)O. The summed E-state index contributed by atoms with van der Waals surface area (Å²) in [4.78, 5) is 10.4. The summed E-state index contributed by atoms with van der Waals surface area (Å²) in [5.41, 5.74) is 1.30. The highest BCUT2D eigenvalue weighted by atomic mass is 16.4. The molecule has 0 saturated heterocycles. The Kier molecular flexibility index (Phi) is 5.16. The first-order chi connectivity index (χ1) is 7.99. The van der Waals surface area contributed by atoms with Crippen LogP contribution in [0.2, 0.25) is 0 Å². The van der Waals surface area contributed by atoms with Crippen molar-refractivity contribution in [3.63, 3.8) is 0 Å². The number of carbonyl (C=O) groups is 1. The number of carboxylic acids is 1. The molecule has 1 aromatic carbocycles. The molecule has 0 fully saturated rings. The third-order valence-electron chi connectivity index (χ3n) is 2.82. The van der Waals surface area contributed by atoms with Crippen LogP contribution in [0.1, 0.15) is 32.3 Å². The number of hydrogen-bond acceptors (Lipinski definition) is 2. The van der Waals surface area contributed by atoms with Crippen LogP contribution < -0.4 is 5.32 Å². The molecular formula is C14H21NO2. The zero-order valence-electron chi connectivity index (χ0n) is 10.6. The standard InChI is InChI=1S/C14H21NO2/c1-14(2,15-11-9-13(16)17)10-8-12-6-4-3-5-7-12/h3-7,15H,8-11H2,1-2H3,(H,16,17). The molecule has 0 atom stereocenters. The lowest BCUT2D eigenvalue weighted by Crippen LogP contribution is -2.40. The molecule has 0 aliphatic heterocycles. The largest absolute Gasteiger partial charge is 0.481 e. The molecule has 0 heterocycles. The van der Waals surface area contributed by atoms with E-state index >= 15 is 0 Å². The predicted molar refractivity (Wildman–Crippen MR) is 69.1 cm³/mol. The number of aliphatic carboxylic acids is 1. The maximum atomic E-state index is 10.4. The second-order valence-electron chi connectivity index (χ2n) is 4.94. The normalized spacial score (nSPS) is 11.4. The minimum atomic E-state index is -0.753. The molecule has 1 rings (SSSR count). The van der Waals surface area contributed by atoms with Crippen LogP contribution in [0.4, 0.5) is 0 Å². The Labute approximate surface area is 103 Å². The van der Waals surface area contributed by atoms with Crippen molar-refractivity contribution in [3.05, 3.63) is 35.9 Å². The van der Waals surface area contributed by atoms with E-state index in [2.05, 4.69) is 31.3 Å². The van der Waals surface area contributed by atoms with E-state index in [0.29, 0.717) is 6.54 Å². The topological polar surface area (TPSA) is 49.3 Å². The van der Waals surface area contributed by atoms with Gasteiger partial charge in [0.05, 0.1) is 6.42 Å². The Morgan fingerprint density at radius 3 is 2.53 bits per heavy atom. The van der Waals surface area contributed by atoms with Crippen LogP contribution in [-0.2, 0) is 11.2 Å². The van der Waals surface area contributed by atoms with Crippen LogP contribution in [0.25, 0.3) is 0 Å². The number of aryl methyl sites for hydroxylation is 1. The van der Waals surface area contributed by atoms with Gasteiger partial charge in [-0.15, -0.1) is 0 Å². The Morgan fingerprint density at radius 2 is 1.94 bits per heavy atom. The van der Waals surface area contributed by atoms with Crippen LogP contribution in [0.3, 0.4) is 0 Å². The molecule has 2 N–H and O–H groups in total. The van der Waals surface area contributed by atoms with Gasteiger partial charge < -0.3 is 10.4 Å². The molecule has 0 aromatic heterocycles. The van der Waals surface area contributed by atoms with Gasteiger partial charge in [-0.05, 0) is 32.3 Å². The van der Waals surface area contributed by atoms with Gasteiger partial charge in [0.2, 0.25) is 0 Å². The van der Waals surface area contributed by atoms with Crippen LogP contribution in [0.5, 0.6) is 0 Å². The van der Waals surface area contributed by atoms with Crippen molar-refractivity contribution < 1.29 is 9.90 Å². The van der Waals surface area contributed by atoms with E-state index in [1.165, 1.54) is 5.56 Å².